The van der Waals surface area contributed by atoms with E-state index in [4.69, 9.17) is 0 Å². The van der Waals surface area contributed by atoms with Gasteiger partial charge in [-0.25, -0.2) is 0 Å². The standard InChI is InChI=1S/C13H18BrNS/c1-9-6-13(8-16-9)15-10(2)11-4-3-5-12(14)7-11/h3-5,7,9-10,13,15H,6,8H2,1-2H3/t9?,10-,13?/m1/s1. The Morgan fingerprint density at radius 1 is 1.50 bits per heavy atom. The Kier molecular flexibility index (Phi) is 4.34. The van der Waals surface area contributed by atoms with Gasteiger partial charge in [-0.2, -0.15) is 11.8 Å². The lowest BCUT2D eigenvalue weighted by molar-refractivity contribution is 0.474. The second-order valence-electron chi connectivity index (χ2n) is 4.52. The van der Waals surface area contributed by atoms with Gasteiger partial charge >= 0.3 is 0 Å². The smallest absolute Gasteiger partial charge is 0.0295 e. The third kappa shape index (κ3) is 3.25. The lowest BCUT2D eigenvalue weighted by Gasteiger charge is -2.19. The van der Waals surface area contributed by atoms with E-state index in [1.165, 1.54) is 17.7 Å². The van der Waals surface area contributed by atoms with Crippen LogP contribution in [0.5, 0.6) is 0 Å². The van der Waals surface area contributed by atoms with E-state index in [0.717, 1.165) is 9.72 Å². The predicted molar refractivity (Wildman–Crippen MR) is 76.0 cm³/mol. The molecule has 16 heavy (non-hydrogen) atoms. The zero-order valence-corrected chi connectivity index (χ0v) is 12.1. The molecule has 1 fully saturated rings. The number of halogens is 1. The highest BCUT2D eigenvalue weighted by Crippen LogP contribution is 2.28. The van der Waals surface area contributed by atoms with Gasteiger partial charge in [0.15, 0.2) is 0 Å². The first-order valence-electron chi connectivity index (χ1n) is 5.78. The molecule has 1 aromatic carbocycles. The minimum atomic E-state index is 0.438. The molecule has 3 heteroatoms. The van der Waals surface area contributed by atoms with Crippen LogP contribution in [0, 0.1) is 0 Å². The molecule has 2 unspecified atom stereocenters. The number of benzene rings is 1. The van der Waals surface area contributed by atoms with Crippen molar-refractivity contribution in [3.05, 3.63) is 34.3 Å². The summed E-state index contributed by atoms with van der Waals surface area (Å²) in [6.45, 7) is 4.56. The minimum Gasteiger partial charge on any atom is -0.307 e. The number of hydrogen-bond acceptors (Lipinski definition) is 2. The molecule has 0 saturated carbocycles. The molecule has 1 saturated heterocycles. The van der Waals surface area contributed by atoms with E-state index >= 15 is 0 Å². The van der Waals surface area contributed by atoms with E-state index in [9.17, 15) is 0 Å². The van der Waals surface area contributed by atoms with E-state index in [0.29, 0.717) is 12.1 Å². The number of hydrogen-bond donors (Lipinski definition) is 1. The Morgan fingerprint density at radius 3 is 2.94 bits per heavy atom. The molecule has 88 valence electrons. The highest BCUT2D eigenvalue weighted by atomic mass is 79.9. The molecule has 0 radical (unpaired) electrons. The molecule has 0 bridgehead atoms. The molecule has 1 nitrogen and oxygen atoms in total. The van der Waals surface area contributed by atoms with Gasteiger partial charge < -0.3 is 5.32 Å². The van der Waals surface area contributed by atoms with Gasteiger partial charge in [-0.05, 0) is 31.0 Å². The molecule has 0 aromatic heterocycles. The van der Waals surface area contributed by atoms with Crippen LogP contribution >= 0.6 is 27.7 Å². The van der Waals surface area contributed by atoms with E-state index in [2.05, 4.69) is 71.1 Å². The van der Waals surface area contributed by atoms with Crippen molar-refractivity contribution in [2.75, 3.05) is 5.75 Å². The van der Waals surface area contributed by atoms with E-state index < -0.39 is 0 Å². The van der Waals surface area contributed by atoms with E-state index in [1.54, 1.807) is 0 Å². The molecule has 0 aliphatic carbocycles. The topological polar surface area (TPSA) is 12.0 Å². The van der Waals surface area contributed by atoms with Crippen molar-refractivity contribution >= 4 is 27.7 Å². The fourth-order valence-corrected chi connectivity index (χ4v) is 3.74. The molecular weight excluding hydrogens is 282 g/mol. The van der Waals surface area contributed by atoms with Crippen molar-refractivity contribution < 1.29 is 0 Å². The summed E-state index contributed by atoms with van der Waals surface area (Å²) in [6, 6.07) is 9.67. The van der Waals surface area contributed by atoms with Gasteiger partial charge in [-0.3, -0.25) is 0 Å². The first kappa shape index (κ1) is 12.5. The third-order valence-electron chi connectivity index (χ3n) is 3.03. The number of rotatable bonds is 3. The molecule has 1 aliphatic rings. The van der Waals surface area contributed by atoms with Gasteiger partial charge in [0.2, 0.25) is 0 Å². The van der Waals surface area contributed by atoms with Crippen LogP contribution < -0.4 is 5.32 Å². The molecule has 2 rings (SSSR count). The molecule has 1 aromatic rings. The Hall–Kier alpha value is 0.01000. The zero-order chi connectivity index (χ0) is 11.5. The van der Waals surface area contributed by atoms with Crippen LogP contribution in [0.4, 0.5) is 0 Å². The number of thioether (sulfide) groups is 1. The average molecular weight is 300 g/mol. The summed E-state index contributed by atoms with van der Waals surface area (Å²) in [4.78, 5) is 0. The quantitative estimate of drug-likeness (QED) is 0.905. The summed E-state index contributed by atoms with van der Waals surface area (Å²) >= 11 is 5.59. The zero-order valence-electron chi connectivity index (χ0n) is 9.74. The Balaban J connectivity index is 1.95. The summed E-state index contributed by atoms with van der Waals surface area (Å²) < 4.78 is 1.16. The van der Waals surface area contributed by atoms with Crippen LogP contribution in [0.25, 0.3) is 0 Å². The van der Waals surface area contributed by atoms with Gasteiger partial charge in [0.25, 0.3) is 0 Å². The van der Waals surface area contributed by atoms with Crippen molar-refractivity contribution in [1.82, 2.24) is 5.32 Å². The molecule has 1 N–H and O–H groups in total. The summed E-state index contributed by atoms with van der Waals surface area (Å²) in [5.74, 6) is 1.25. The molecule has 3 atom stereocenters. The van der Waals surface area contributed by atoms with Gasteiger partial charge in [-0.15, -0.1) is 0 Å². The molecule has 1 heterocycles. The third-order valence-corrected chi connectivity index (χ3v) is 4.88. The Morgan fingerprint density at radius 2 is 2.31 bits per heavy atom. The largest absolute Gasteiger partial charge is 0.307 e. The Labute approximate surface area is 111 Å². The van der Waals surface area contributed by atoms with Crippen molar-refractivity contribution in [3.8, 4) is 0 Å². The second-order valence-corrected chi connectivity index (χ2v) is 6.91. The molecule has 0 spiro atoms. The maximum absolute atomic E-state index is 3.71. The lowest BCUT2D eigenvalue weighted by Crippen LogP contribution is -2.31. The first-order valence-corrected chi connectivity index (χ1v) is 7.62. The molecule has 0 amide bonds. The maximum Gasteiger partial charge on any atom is 0.0295 e. The predicted octanol–water partition coefficient (Wildman–Crippen LogP) is 3.99. The van der Waals surface area contributed by atoms with Crippen molar-refractivity contribution in [1.29, 1.82) is 0 Å². The van der Waals surface area contributed by atoms with Crippen molar-refractivity contribution in [3.63, 3.8) is 0 Å². The monoisotopic (exact) mass is 299 g/mol. The van der Waals surface area contributed by atoms with Crippen LogP contribution in [-0.2, 0) is 0 Å². The first-order chi connectivity index (χ1) is 7.65. The van der Waals surface area contributed by atoms with E-state index in [-0.39, 0.29) is 0 Å². The van der Waals surface area contributed by atoms with Crippen LogP contribution in [0.3, 0.4) is 0 Å². The van der Waals surface area contributed by atoms with Crippen LogP contribution in [-0.4, -0.2) is 17.0 Å². The van der Waals surface area contributed by atoms with Crippen molar-refractivity contribution in [2.45, 2.75) is 37.6 Å². The SMILES string of the molecule is CC1CC(N[C@H](C)c2cccc(Br)c2)CS1. The summed E-state index contributed by atoms with van der Waals surface area (Å²) in [6.07, 6.45) is 1.29. The normalized spacial score (nSPS) is 26.9. The average Bonchev–Trinajstić information content (AvgIpc) is 2.64. The summed E-state index contributed by atoms with van der Waals surface area (Å²) in [5, 5.41) is 4.52. The number of nitrogens with one attached hydrogen (secondary N) is 1. The Bertz CT molecular complexity index is 356. The lowest BCUT2D eigenvalue weighted by atomic mass is 10.1. The summed E-state index contributed by atoms with van der Waals surface area (Å²) in [5.41, 5.74) is 1.36. The van der Waals surface area contributed by atoms with Gasteiger partial charge in [0.05, 0.1) is 0 Å². The second kappa shape index (κ2) is 5.56. The minimum absolute atomic E-state index is 0.438. The molecule has 1 aliphatic heterocycles. The van der Waals surface area contributed by atoms with Crippen LogP contribution in [0.2, 0.25) is 0 Å². The highest BCUT2D eigenvalue weighted by molar-refractivity contribution is 9.10. The fourth-order valence-electron chi connectivity index (χ4n) is 2.16. The van der Waals surface area contributed by atoms with Crippen LogP contribution in [0.15, 0.2) is 28.7 Å². The van der Waals surface area contributed by atoms with Crippen molar-refractivity contribution in [2.24, 2.45) is 0 Å². The van der Waals surface area contributed by atoms with Crippen LogP contribution in [0.1, 0.15) is 31.9 Å². The maximum atomic E-state index is 3.71. The highest BCUT2D eigenvalue weighted by Gasteiger charge is 2.23. The molecular formula is C13H18BrNS. The summed E-state index contributed by atoms with van der Waals surface area (Å²) in [7, 11) is 0. The van der Waals surface area contributed by atoms with Gasteiger partial charge in [0.1, 0.15) is 0 Å². The van der Waals surface area contributed by atoms with Gasteiger partial charge in [-0.1, -0.05) is 35.0 Å². The van der Waals surface area contributed by atoms with Gasteiger partial charge in [0, 0.05) is 27.6 Å². The fraction of sp³-hybridized carbons (Fsp3) is 0.538. The van der Waals surface area contributed by atoms with E-state index in [1.807, 2.05) is 0 Å².